The number of benzene rings is 1. The first-order valence-corrected chi connectivity index (χ1v) is 9.67. The van der Waals surface area contributed by atoms with E-state index < -0.39 is 0 Å². The number of ketones is 1. The number of Topliss-reactive ketones (excluding diaryl/α,β-unsaturated/α-hetero) is 1. The number of carbonyl (C=O) groups is 1. The van der Waals surface area contributed by atoms with Crippen molar-refractivity contribution in [1.29, 1.82) is 0 Å². The van der Waals surface area contributed by atoms with Gasteiger partial charge >= 0.3 is 0 Å². The average molecular weight is 360 g/mol. The number of unbranched alkanes of at least 4 members (excludes halogenated alkanes) is 1. The van der Waals surface area contributed by atoms with Gasteiger partial charge in [0.1, 0.15) is 0 Å². The van der Waals surface area contributed by atoms with Gasteiger partial charge in [-0.05, 0) is 63.9 Å². The van der Waals surface area contributed by atoms with E-state index in [1.807, 2.05) is 12.1 Å². The molecule has 4 nitrogen and oxygen atoms in total. The molecule has 0 spiro atoms. The van der Waals surface area contributed by atoms with Crippen molar-refractivity contribution in [2.45, 2.75) is 46.5 Å². The van der Waals surface area contributed by atoms with Crippen LogP contribution in [0.3, 0.4) is 0 Å². The van der Waals surface area contributed by atoms with E-state index in [4.69, 9.17) is 9.47 Å². The van der Waals surface area contributed by atoms with E-state index in [0.717, 1.165) is 56.4 Å². The summed E-state index contributed by atoms with van der Waals surface area (Å²) in [5, 5.41) is 0. The summed E-state index contributed by atoms with van der Waals surface area (Å²) in [7, 11) is 3.24. The number of likely N-dealkylation sites (N-methyl/N-ethyl adjacent to an activating group) is 1. The van der Waals surface area contributed by atoms with Crippen LogP contribution < -0.4 is 9.47 Å². The molecule has 0 fully saturated rings. The van der Waals surface area contributed by atoms with Gasteiger partial charge < -0.3 is 9.47 Å². The van der Waals surface area contributed by atoms with Crippen molar-refractivity contribution < 1.29 is 14.3 Å². The number of allylic oxidation sites excluding steroid dienone is 1. The Labute approximate surface area is 158 Å². The Morgan fingerprint density at radius 1 is 1.23 bits per heavy atom. The highest BCUT2D eigenvalue weighted by atomic mass is 16.5. The lowest BCUT2D eigenvalue weighted by Crippen LogP contribution is -2.26. The summed E-state index contributed by atoms with van der Waals surface area (Å²) >= 11 is 0. The Balaban J connectivity index is 1.87. The van der Waals surface area contributed by atoms with Gasteiger partial charge in [0.25, 0.3) is 0 Å². The molecule has 0 bridgehead atoms. The van der Waals surface area contributed by atoms with Gasteiger partial charge in [-0.3, -0.25) is 9.69 Å². The highest BCUT2D eigenvalue weighted by Crippen LogP contribution is 2.38. The molecular weight excluding hydrogens is 326 g/mol. The van der Waals surface area contributed by atoms with Crippen molar-refractivity contribution in [2.75, 3.05) is 33.9 Å². The molecule has 2 rings (SSSR count). The second kappa shape index (κ2) is 9.77. The maximum Gasteiger partial charge on any atom is 0.166 e. The SMILES string of the molecule is C/C=C(\C)CN(CC)CCCCC1Cc2cc(OC)c(OC)cc2C1=O. The molecule has 144 valence electrons. The maximum absolute atomic E-state index is 12.7. The molecule has 4 heteroatoms. The number of hydrogen-bond donors (Lipinski definition) is 0. The lowest BCUT2D eigenvalue weighted by molar-refractivity contribution is 0.0928. The fourth-order valence-electron chi connectivity index (χ4n) is 3.65. The van der Waals surface area contributed by atoms with Crippen LogP contribution in [0.5, 0.6) is 11.5 Å². The van der Waals surface area contributed by atoms with Crippen molar-refractivity contribution in [3.05, 3.63) is 34.9 Å². The number of rotatable bonds is 10. The van der Waals surface area contributed by atoms with Gasteiger partial charge in [0.2, 0.25) is 0 Å². The maximum atomic E-state index is 12.7. The van der Waals surface area contributed by atoms with Crippen molar-refractivity contribution in [3.8, 4) is 11.5 Å². The second-order valence-corrected chi connectivity index (χ2v) is 7.13. The molecule has 1 aliphatic rings. The monoisotopic (exact) mass is 359 g/mol. The Hall–Kier alpha value is -1.81. The molecule has 0 amide bonds. The van der Waals surface area contributed by atoms with Crippen LogP contribution in [-0.2, 0) is 6.42 Å². The third kappa shape index (κ3) is 4.88. The molecule has 26 heavy (non-hydrogen) atoms. The number of methoxy groups -OCH3 is 2. The standard InChI is InChI=1S/C22H33NO3/c1-6-16(3)15-23(7-2)11-9-8-10-17-12-18-13-20(25-4)21(26-5)14-19(18)22(17)24/h6,13-14,17H,7-12,15H2,1-5H3/b16-6+. The van der Waals surface area contributed by atoms with Crippen molar-refractivity contribution in [2.24, 2.45) is 5.92 Å². The van der Waals surface area contributed by atoms with Gasteiger partial charge in [-0.25, -0.2) is 0 Å². The lowest BCUT2D eigenvalue weighted by atomic mass is 9.98. The molecule has 1 aromatic rings. The number of fused-ring (bicyclic) bond motifs is 1. The number of hydrogen-bond acceptors (Lipinski definition) is 4. The number of ether oxygens (including phenoxy) is 2. The van der Waals surface area contributed by atoms with Gasteiger partial charge in [0.15, 0.2) is 17.3 Å². The summed E-state index contributed by atoms with van der Waals surface area (Å²) in [4.78, 5) is 15.2. The van der Waals surface area contributed by atoms with Crippen LogP contribution in [0.1, 0.15) is 56.0 Å². The molecule has 0 N–H and O–H groups in total. The van der Waals surface area contributed by atoms with Crippen LogP contribution in [0.25, 0.3) is 0 Å². The third-order valence-electron chi connectivity index (χ3n) is 5.40. The predicted molar refractivity (Wildman–Crippen MR) is 106 cm³/mol. The number of nitrogens with zero attached hydrogens (tertiary/aromatic N) is 1. The predicted octanol–water partition coefficient (Wildman–Crippen LogP) is 4.52. The van der Waals surface area contributed by atoms with E-state index in [1.54, 1.807) is 14.2 Å². The zero-order valence-corrected chi connectivity index (χ0v) is 16.9. The highest BCUT2D eigenvalue weighted by Gasteiger charge is 2.31. The molecule has 0 saturated carbocycles. The Bertz CT molecular complexity index is 651. The van der Waals surface area contributed by atoms with E-state index >= 15 is 0 Å². The topological polar surface area (TPSA) is 38.8 Å². The summed E-state index contributed by atoms with van der Waals surface area (Å²) in [6, 6.07) is 3.81. The third-order valence-corrected chi connectivity index (χ3v) is 5.40. The first-order chi connectivity index (χ1) is 12.5. The van der Waals surface area contributed by atoms with Crippen molar-refractivity contribution >= 4 is 5.78 Å². The molecule has 0 aromatic heterocycles. The van der Waals surface area contributed by atoms with E-state index in [1.165, 1.54) is 5.57 Å². The highest BCUT2D eigenvalue weighted by molar-refractivity contribution is 6.02. The molecule has 1 aliphatic carbocycles. The molecule has 1 atom stereocenters. The minimum absolute atomic E-state index is 0.106. The fourth-order valence-corrected chi connectivity index (χ4v) is 3.65. The quantitative estimate of drug-likeness (QED) is 0.455. The zero-order chi connectivity index (χ0) is 19.1. The first kappa shape index (κ1) is 20.5. The van der Waals surface area contributed by atoms with Gasteiger partial charge in [-0.15, -0.1) is 0 Å². The van der Waals surface area contributed by atoms with Gasteiger partial charge in [0.05, 0.1) is 14.2 Å². The molecule has 0 saturated heterocycles. The smallest absolute Gasteiger partial charge is 0.166 e. The normalized spacial score (nSPS) is 16.9. The molecule has 1 unspecified atom stereocenters. The minimum atomic E-state index is 0.106. The zero-order valence-electron chi connectivity index (χ0n) is 16.9. The number of carbonyl (C=O) groups excluding carboxylic acids is 1. The van der Waals surface area contributed by atoms with Gasteiger partial charge in [0, 0.05) is 18.0 Å². The van der Waals surface area contributed by atoms with E-state index in [9.17, 15) is 4.79 Å². The largest absolute Gasteiger partial charge is 0.493 e. The first-order valence-electron chi connectivity index (χ1n) is 9.67. The van der Waals surface area contributed by atoms with E-state index in [0.29, 0.717) is 11.5 Å². The lowest BCUT2D eigenvalue weighted by Gasteiger charge is -2.21. The Morgan fingerprint density at radius 3 is 2.54 bits per heavy atom. The van der Waals surface area contributed by atoms with Crippen LogP contribution in [0.4, 0.5) is 0 Å². The van der Waals surface area contributed by atoms with E-state index in [-0.39, 0.29) is 11.7 Å². The molecule has 1 aromatic carbocycles. The summed E-state index contributed by atoms with van der Waals surface area (Å²) < 4.78 is 10.7. The second-order valence-electron chi connectivity index (χ2n) is 7.13. The van der Waals surface area contributed by atoms with Crippen LogP contribution in [0.15, 0.2) is 23.8 Å². The van der Waals surface area contributed by atoms with Crippen LogP contribution in [0.2, 0.25) is 0 Å². The fraction of sp³-hybridized carbons (Fsp3) is 0.591. The van der Waals surface area contributed by atoms with Crippen LogP contribution >= 0.6 is 0 Å². The minimum Gasteiger partial charge on any atom is -0.493 e. The molecule has 0 radical (unpaired) electrons. The molecule has 0 heterocycles. The summed E-state index contributed by atoms with van der Waals surface area (Å²) in [5.74, 6) is 1.71. The van der Waals surface area contributed by atoms with Gasteiger partial charge in [-0.2, -0.15) is 0 Å². The Kier molecular flexibility index (Phi) is 7.70. The summed E-state index contributed by atoms with van der Waals surface area (Å²) in [6.45, 7) is 9.69. The summed E-state index contributed by atoms with van der Waals surface area (Å²) in [6.07, 6.45) is 6.18. The van der Waals surface area contributed by atoms with Crippen LogP contribution in [-0.4, -0.2) is 44.5 Å². The van der Waals surface area contributed by atoms with Crippen LogP contribution in [0, 0.1) is 5.92 Å². The summed E-state index contributed by atoms with van der Waals surface area (Å²) in [5.41, 5.74) is 3.32. The van der Waals surface area contributed by atoms with Gasteiger partial charge in [-0.1, -0.05) is 25.0 Å². The average Bonchev–Trinajstić information content (AvgIpc) is 2.97. The van der Waals surface area contributed by atoms with Crippen molar-refractivity contribution in [1.82, 2.24) is 4.90 Å². The Morgan fingerprint density at radius 2 is 1.92 bits per heavy atom. The molecular formula is C22H33NO3. The van der Waals surface area contributed by atoms with E-state index in [2.05, 4.69) is 31.7 Å². The van der Waals surface area contributed by atoms with Crippen molar-refractivity contribution in [3.63, 3.8) is 0 Å². The molecule has 0 aliphatic heterocycles.